The zero-order chi connectivity index (χ0) is 23.1. The summed E-state index contributed by atoms with van der Waals surface area (Å²) in [7, 11) is -2.16. The normalized spacial score (nSPS) is 11.3. The Labute approximate surface area is 191 Å². The van der Waals surface area contributed by atoms with Gasteiger partial charge in [-0.3, -0.25) is 4.79 Å². The second-order valence-corrected chi connectivity index (χ2v) is 9.45. The quantitative estimate of drug-likeness (QED) is 0.431. The standard InChI is InChI=1S/C21H25N5O4S2/c1-3-4-13-26-20(15-5-9-17(30-2)10-6-15)24-25-21(26)31-14-19(27)23-16-7-11-18(12-8-16)32(22,28)29/h5-12H,3-4,13-14H2,1-2H3,(H,23,27)(H2,22,28,29). The predicted molar refractivity (Wildman–Crippen MR) is 124 cm³/mol. The van der Waals surface area contributed by atoms with Crippen LogP contribution in [0.25, 0.3) is 11.4 Å². The van der Waals surface area contributed by atoms with Gasteiger partial charge in [0, 0.05) is 17.8 Å². The molecule has 170 valence electrons. The van der Waals surface area contributed by atoms with Crippen molar-refractivity contribution in [3.63, 3.8) is 0 Å². The first-order chi connectivity index (χ1) is 15.3. The molecule has 0 spiro atoms. The molecule has 3 N–H and O–H groups in total. The number of primary sulfonamides is 1. The van der Waals surface area contributed by atoms with Crippen molar-refractivity contribution in [1.29, 1.82) is 0 Å². The zero-order valence-corrected chi connectivity index (χ0v) is 19.4. The first-order valence-electron chi connectivity index (χ1n) is 9.95. The monoisotopic (exact) mass is 475 g/mol. The van der Waals surface area contributed by atoms with Gasteiger partial charge in [-0.15, -0.1) is 10.2 Å². The van der Waals surface area contributed by atoms with E-state index < -0.39 is 10.0 Å². The first kappa shape index (κ1) is 23.8. The molecule has 3 rings (SSSR count). The van der Waals surface area contributed by atoms with Crippen molar-refractivity contribution in [3.8, 4) is 17.1 Å². The number of carbonyl (C=O) groups excluding carboxylic acids is 1. The van der Waals surface area contributed by atoms with Crippen LogP contribution in [0.2, 0.25) is 0 Å². The van der Waals surface area contributed by atoms with Gasteiger partial charge in [0.25, 0.3) is 0 Å². The lowest BCUT2D eigenvalue weighted by molar-refractivity contribution is -0.113. The molecule has 0 bridgehead atoms. The van der Waals surface area contributed by atoms with Crippen LogP contribution >= 0.6 is 11.8 Å². The minimum Gasteiger partial charge on any atom is -0.497 e. The van der Waals surface area contributed by atoms with Crippen LogP contribution in [-0.2, 0) is 21.4 Å². The Hall–Kier alpha value is -2.89. The van der Waals surface area contributed by atoms with Gasteiger partial charge < -0.3 is 14.6 Å². The molecular formula is C21H25N5O4S2. The highest BCUT2D eigenvalue weighted by molar-refractivity contribution is 7.99. The summed E-state index contributed by atoms with van der Waals surface area (Å²) >= 11 is 1.29. The fraction of sp³-hybridized carbons (Fsp3) is 0.286. The van der Waals surface area contributed by atoms with Crippen molar-refractivity contribution in [2.75, 3.05) is 18.2 Å². The molecule has 0 aliphatic heterocycles. The van der Waals surface area contributed by atoms with Crippen molar-refractivity contribution >= 4 is 33.4 Å². The third-order valence-corrected chi connectivity index (χ3v) is 6.50. The Morgan fingerprint density at radius 1 is 1.12 bits per heavy atom. The van der Waals surface area contributed by atoms with Gasteiger partial charge in [-0.25, -0.2) is 13.6 Å². The summed E-state index contributed by atoms with van der Waals surface area (Å²) < 4.78 is 29.9. The van der Waals surface area contributed by atoms with Gasteiger partial charge >= 0.3 is 0 Å². The largest absolute Gasteiger partial charge is 0.497 e. The van der Waals surface area contributed by atoms with Crippen LogP contribution in [0.3, 0.4) is 0 Å². The molecule has 0 aliphatic rings. The number of carbonyl (C=O) groups is 1. The van der Waals surface area contributed by atoms with Crippen LogP contribution in [0.15, 0.2) is 58.6 Å². The van der Waals surface area contributed by atoms with Crippen LogP contribution in [0.5, 0.6) is 5.75 Å². The van der Waals surface area contributed by atoms with Crippen molar-refractivity contribution in [1.82, 2.24) is 14.8 Å². The minimum atomic E-state index is -3.77. The Bertz CT molecular complexity index is 1160. The molecular weight excluding hydrogens is 450 g/mol. The average Bonchev–Trinajstić information content (AvgIpc) is 3.18. The fourth-order valence-electron chi connectivity index (χ4n) is 2.92. The van der Waals surface area contributed by atoms with Crippen LogP contribution in [-0.4, -0.2) is 42.0 Å². The van der Waals surface area contributed by atoms with E-state index in [2.05, 4.69) is 22.4 Å². The van der Waals surface area contributed by atoms with E-state index >= 15 is 0 Å². The van der Waals surface area contributed by atoms with Crippen molar-refractivity contribution in [3.05, 3.63) is 48.5 Å². The van der Waals surface area contributed by atoms with Crippen LogP contribution in [0.4, 0.5) is 5.69 Å². The number of hydrogen-bond acceptors (Lipinski definition) is 7. The third kappa shape index (κ3) is 6.09. The zero-order valence-electron chi connectivity index (χ0n) is 17.8. The summed E-state index contributed by atoms with van der Waals surface area (Å²) in [5, 5.41) is 17.1. The molecule has 0 saturated carbocycles. The lowest BCUT2D eigenvalue weighted by atomic mass is 10.2. The summed E-state index contributed by atoms with van der Waals surface area (Å²) in [6.07, 6.45) is 1.97. The van der Waals surface area contributed by atoms with E-state index in [1.54, 1.807) is 7.11 Å². The van der Waals surface area contributed by atoms with Gasteiger partial charge in [0.2, 0.25) is 15.9 Å². The van der Waals surface area contributed by atoms with E-state index in [1.807, 2.05) is 28.8 Å². The summed E-state index contributed by atoms with van der Waals surface area (Å²) in [5.74, 6) is 1.39. The van der Waals surface area contributed by atoms with Crippen LogP contribution < -0.4 is 15.2 Å². The molecule has 1 heterocycles. The van der Waals surface area contributed by atoms with Gasteiger partial charge in [0.05, 0.1) is 17.8 Å². The number of anilines is 1. The molecule has 0 saturated heterocycles. The first-order valence-corrected chi connectivity index (χ1v) is 12.5. The molecule has 0 atom stereocenters. The highest BCUT2D eigenvalue weighted by atomic mass is 32.2. The summed E-state index contributed by atoms with van der Waals surface area (Å²) in [4.78, 5) is 12.4. The summed E-state index contributed by atoms with van der Waals surface area (Å²) in [5.41, 5.74) is 1.40. The molecule has 32 heavy (non-hydrogen) atoms. The fourth-order valence-corrected chi connectivity index (χ4v) is 4.20. The van der Waals surface area contributed by atoms with E-state index in [1.165, 1.54) is 36.0 Å². The average molecular weight is 476 g/mol. The molecule has 2 aromatic carbocycles. The van der Waals surface area contributed by atoms with E-state index in [4.69, 9.17) is 9.88 Å². The molecule has 3 aromatic rings. The third-order valence-electron chi connectivity index (χ3n) is 4.60. The van der Waals surface area contributed by atoms with E-state index in [0.717, 1.165) is 36.5 Å². The number of benzene rings is 2. The highest BCUT2D eigenvalue weighted by Crippen LogP contribution is 2.26. The van der Waals surface area contributed by atoms with Crippen molar-refractivity contribution in [2.24, 2.45) is 5.14 Å². The maximum absolute atomic E-state index is 12.4. The Morgan fingerprint density at radius 3 is 2.41 bits per heavy atom. The lowest BCUT2D eigenvalue weighted by Crippen LogP contribution is -2.15. The molecule has 0 radical (unpaired) electrons. The van der Waals surface area contributed by atoms with Gasteiger partial charge in [0.15, 0.2) is 11.0 Å². The summed E-state index contributed by atoms with van der Waals surface area (Å²) in [6.45, 7) is 2.85. The number of nitrogens with two attached hydrogens (primary N) is 1. The molecule has 11 heteroatoms. The number of aromatic nitrogens is 3. The number of hydrogen-bond donors (Lipinski definition) is 2. The number of nitrogens with zero attached hydrogens (tertiary/aromatic N) is 3. The number of amides is 1. The van der Waals surface area contributed by atoms with E-state index in [9.17, 15) is 13.2 Å². The van der Waals surface area contributed by atoms with Gasteiger partial charge in [-0.2, -0.15) is 0 Å². The molecule has 9 nitrogen and oxygen atoms in total. The Kier molecular flexibility index (Phi) is 7.89. The maximum atomic E-state index is 12.4. The number of nitrogens with one attached hydrogen (secondary N) is 1. The van der Waals surface area contributed by atoms with Gasteiger partial charge in [-0.1, -0.05) is 25.1 Å². The minimum absolute atomic E-state index is 0.0139. The van der Waals surface area contributed by atoms with Gasteiger partial charge in [0.1, 0.15) is 5.75 Å². The molecule has 0 fully saturated rings. The Morgan fingerprint density at radius 2 is 1.81 bits per heavy atom. The second kappa shape index (κ2) is 10.6. The van der Waals surface area contributed by atoms with Crippen LogP contribution in [0, 0.1) is 0 Å². The van der Waals surface area contributed by atoms with Crippen molar-refractivity contribution in [2.45, 2.75) is 36.4 Å². The number of sulfonamides is 1. The predicted octanol–water partition coefficient (Wildman–Crippen LogP) is 3.13. The molecule has 0 unspecified atom stereocenters. The molecule has 0 aliphatic carbocycles. The number of methoxy groups -OCH3 is 1. The summed E-state index contributed by atoms with van der Waals surface area (Å²) in [6, 6.07) is 13.3. The lowest BCUT2D eigenvalue weighted by Gasteiger charge is -2.10. The van der Waals surface area contributed by atoms with E-state index in [-0.39, 0.29) is 16.6 Å². The van der Waals surface area contributed by atoms with E-state index in [0.29, 0.717) is 10.8 Å². The maximum Gasteiger partial charge on any atom is 0.238 e. The number of ether oxygens (including phenoxy) is 1. The molecule has 1 aromatic heterocycles. The van der Waals surface area contributed by atoms with Crippen LogP contribution in [0.1, 0.15) is 19.8 Å². The topological polar surface area (TPSA) is 129 Å². The number of rotatable bonds is 10. The SMILES string of the molecule is CCCCn1c(SCC(=O)Nc2ccc(S(N)(=O)=O)cc2)nnc1-c1ccc(OC)cc1. The smallest absolute Gasteiger partial charge is 0.238 e. The Balaban J connectivity index is 1.69. The highest BCUT2D eigenvalue weighted by Gasteiger charge is 2.16. The van der Waals surface area contributed by atoms with Crippen molar-refractivity contribution < 1.29 is 17.9 Å². The number of thioether (sulfide) groups is 1. The molecule has 1 amide bonds. The number of unbranched alkanes of at least 4 members (excludes halogenated alkanes) is 1. The van der Waals surface area contributed by atoms with Gasteiger partial charge in [-0.05, 0) is 55.0 Å². The second-order valence-electron chi connectivity index (χ2n) is 6.95.